The average molecular weight is 586 g/mol. The van der Waals surface area contributed by atoms with E-state index in [9.17, 15) is 14.9 Å². The molecule has 39 heavy (non-hydrogen) atoms. The summed E-state index contributed by atoms with van der Waals surface area (Å²) >= 11 is 3.50. The standard InChI is InChI=1S/C31H28BrN3O4/c1-34(2)22-13-9-20(10-14-22)27-28(29(36)21-11-15-25(38-3)23(32)17-21)35-24-8-6-5-7-19(24)12-16-26(35)31(27,18-33)30(37)39-4/h5-17,26-28H,1-4H3/t26-,27-,28-,31-/m1/s1. The van der Waals surface area contributed by atoms with E-state index in [1.165, 1.54) is 7.11 Å². The highest BCUT2D eigenvalue weighted by atomic mass is 79.9. The van der Waals surface area contributed by atoms with E-state index in [4.69, 9.17) is 9.47 Å². The minimum absolute atomic E-state index is 0.212. The Morgan fingerprint density at radius 3 is 2.38 bits per heavy atom. The molecule has 1 saturated heterocycles. The molecule has 3 aromatic rings. The number of ketones is 1. The van der Waals surface area contributed by atoms with Gasteiger partial charge >= 0.3 is 5.97 Å². The Labute approximate surface area is 236 Å². The maximum Gasteiger partial charge on any atom is 0.329 e. The zero-order valence-electron chi connectivity index (χ0n) is 22.1. The van der Waals surface area contributed by atoms with Crippen molar-refractivity contribution in [2.75, 3.05) is 38.1 Å². The lowest BCUT2D eigenvalue weighted by atomic mass is 9.68. The molecule has 0 N–H and O–H groups in total. The summed E-state index contributed by atoms with van der Waals surface area (Å²) in [5, 5.41) is 10.8. The van der Waals surface area contributed by atoms with Gasteiger partial charge in [0.15, 0.2) is 11.2 Å². The van der Waals surface area contributed by atoms with Crippen molar-refractivity contribution in [3.8, 4) is 11.8 Å². The monoisotopic (exact) mass is 585 g/mol. The molecule has 198 valence electrons. The molecule has 1 fully saturated rings. The van der Waals surface area contributed by atoms with Crippen LogP contribution in [-0.2, 0) is 9.53 Å². The number of carbonyl (C=O) groups is 2. The lowest BCUT2D eigenvalue weighted by Gasteiger charge is -2.36. The van der Waals surface area contributed by atoms with Crippen molar-refractivity contribution >= 4 is 45.1 Å². The first-order valence-electron chi connectivity index (χ1n) is 12.5. The van der Waals surface area contributed by atoms with Gasteiger partial charge in [-0.1, -0.05) is 42.5 Å². The highest BCUT2D eigenvalue weighted by molar-refractivity contribution is 9.10. The number of fused-ring (bicyclic) bond motifs is 3. The SMILES string of the molecule is COC(=O)[C@@]1(C#N)[C@H](c2ccc(N(C)C)cc2)[C@H](C(=O)c2ccc(OC)c(Br)c2)N2c3ccccc3C=C[C@@H]21. The van der Waals surface area contributed by atoms with Crippen LogP contribution in [0, 0.1) is 16.7 Å². The van der Waals surface area contributed by atoms with E-state index in [1.807, 2.05) is 84.6 Å². The number of esters is 1. The molecular formula is C31H28BrN3O4. The van der Waals surface area contributed by atoms with Crippen LogP contribution in [0.3, 0.4) is 0 Å². The number of rotatable bonds is 6. The van der Waals surface area contributed by atoms with E-state index >= 15 is 0 Å². The van der Waals surface area contributed by atoms with Crippen LogP contribution in [0.4, 0.5) is 11.4 Å². The molecule has 0 radical (unpaired) electrons. The maximum atomic E-state index is 14.5. The highest BCUT2D eigenvalue weighted by Gasteiger charge is 2.67. The molecule has 2 heterocycles. The van der Waals surface area contributed by atoms with Crippen molar-refractivity contribution in [1.29, 1.82) is 5.26 Å². The van der Waals surface area contributed by atoms with Crippen LogP contribution in [0.5, 0.6) is 5.75 Å². The number of para-hydroxylation sites is 1. The predicted molar refractivity (Wildman–Crippen MR) is 154 cm³/mol. The Bertz CT molecular complexity index is 1510. The Hall–Kier alpha value is -4.09. The van der Waals surface area contributed by atoms with Crippen molar-refractivity contribution in [3.63, 3.8) is 0 Å². The number of carbonyl (C=O) groups excluding carboxylic acids is 2. The number of hydrogen-bond acceptors (Lipinski definition) is 7. The van der Waals surface area contributed by atoms with Crippen LogP contribution >= 0.6 is 15.9 Å². The molecule has 0 amide bonds. The van der Waals surface area contributed by atoms with Crippen molar-refractivity contribution in [2.45, 2.75) is 18.0 Å². The van der Waals surface area contributed by atoms with Gasteiger partial charge < -0.3 is 19.3 Å². The Kier molecular flexibility index (Phi) is 6.96. The average Bonchev–Trinajstić information content (AvgIpc) is 3.28. The largest absolute Gasteiger partial charge is 0.496 e. The van der Waals surface area contributed by atoms with E-state index in [0.717, 1.165) is 16.9 Å². The first kappa shape index (κ1) is 26.5. The summed E-state index contributed by atoms with van der Waals surface area (Å²) in [7, 11) is 6.72. The number of methoxy groups -OCH3 is 2. The summed E-state index contributed by atoms with van der Waals surface area (Å²) in [5.41, 5.74) is 2.12. The second-order valence-electron chi connectivity index (χ2n) is 9.86. The van der Waals surface area contributed by atoms with Gasteiger partial charge in [0, 0.05) is 37.0 Å². The third kappa shape index (κ3) is 4.09. The van der Waals surface area contributed by atoms with Gasteiger partial charge in [0.2, 0.25) is 0 Å². The van der Waals surface area contributed by atoms with E-state index in [0.29, 0.717) is 21.3 Å². The van der Waals surface area contributed by atoms with Crippen molar-refractivity contribution < 1.29 is 19.1 Å². The molecule has 0 spiro atoms. The van der Waals surface area contributed by atoms with Crippen LogP contribution in [0.25, 0.3) is 6.08 Å². The predicted octanol–water partition coefficient (Wildman–Crippen LogP) is 5.46. The molecule has 0 aliphatic carbocycles. The second kappa shape index (κ2) is 10.2. The maximum absolute atomic E-state index is 14.5. The summed E-state index contributed by atoms with van der Waals surface area (Å²) in [4.78, 5) is 32.1. The van der Waals surface area contributed by atoms with Crippen molar-refractivity contribution in [1.82, 2.24) is 0 Å². The topological polar surface area (TPSA) is 82.9 Å². The highest BCUT2D eigenvalue weighted by Crippen LogP contribution is 2.56. The first-order chi connectivity index (χ1) is 18.8. The fourth-order valence-corrected chi connectivity index (χ4v) is 6.42. The smallest absolute Gasteiger partial charge is 0.329 e. The Morgan fingerprint density at radius 1 is 1.05 bits per heavy atom. The molecule has 2 aliphatic heterocycles. The van der Waals surface area contributed by atoms with Gasteiger partial charge in [-0.3, -0.25) is 9.59 Å². The first-order valence-corrected chi connectivity index (χ1v) is 13.3. The van der Waals surface area contributed by atoms with Gasteiger partial charge in [-0.05, 0) is 63.5 Å². The van der Waals surface area contributed by atoms with Crippen molar-refractivity contribution in [2.24, 2.45) is 5.41 Å². The van der Waals surface area contributed by atoms with Gasteiger partial charge in [-0.25, -0.2) is 0 Å². The third-order valence-electron chi connectivity index (χ3n) is 7.73. The number of halogens is 1. The van der Waals surface area contributed by atoms with Gasteiger partial charge in [-0.15, -0.1) is 0 Å². The van der Waals surface area contributed by atoms with Crippen LogP contribution in [0.15, 0.2) is 77.3 Å². The molecule has 0 saturated carbocycles. The molecule has 8 heteroatoms. The van der Waals surface area contributed by atoms with E-state index in [-0.39, 0.29) is 5.78 Å². The summed E-state index contributed by atoms with van der Waals surface area (Å²) < 4.78 is 11.3. The van der Waals surface area contributed by atoms with Gasteiger partial charge in [0.1, 0.15) is 11.8 Å². The van der Waals surface area contributed by atoms with Crippen LogP contribution in [0.2, 0.25) is 0 Å². The molecule has 0 unspecified atom stereocenters. The molecular weight excluding hydrogens is 558 g/mol. The molecule has 7 nitrogen and oxygen atoms in total. The zero-order chi connectivity index (χ0) is 27.9. The lowest BCUT2D eigenvalue weighted by Crippen LogP contribution is -2.46. The Morgan fingerprint density at radius 2 is 1.77 bits per heavy atom. The number of benzene rings is 3. The van der Waals surface area contributed by atoms with Crippen molar-refractivity contribution in [3.05, 3.63) is 94.0 Å². The van der Waals surface area contributed by atoms with Crippen LogP contribution < -0.4 is 14.5 Å². The number of hydrogen-bond donors (Lipinski definition) is 0. The molecule has 4 atom stereocenters. The summed E-state index contributed by atoms with van der Waals surface area (Å²) in [6.07, 6.45) is 3.76. The minimum atomic E-state index is -1.68. The number of ether oxygens (including phenoxy) is 2. The van der Waals surface area contributed by atoms with Crippen LogP contribution in [0.1, 0.15) is 27.4 Å². The zero-order valence-corrected chi connectivity index (χ0v) is 23.7. The second-order valence-corrected chi connectivity index (χ2v) is 10.7. The number of nitrogens with zero attached hydrogens (tertiary/aromatic N) is 3. The molecule has 0 bridgehead atoms. The third-order valence-corrected chi connectivity index (χ3v) is 8.35. The molecule has 5 rings (SSSR count). The normalized spacial score (nSPS) is 22.9. The van der Waals surface area contributed by atoms with Gasteiger partial charge in [-0.2, -0.15) is 5.26 Å². The van der Waals surface area contributed by atoms with E-state index in [1.54, 1.807) is 25.3 Å². The fraction of sp³-hybridized carbons (Fsp3) is 0.258. The molecule has 0 aromatic heterocycles. The Balaban J connectivity index is 1.78. The van der Waals surface area contributed by atoms with E-state index in [2.05, 4.69) is 22.0 Å². The number of nitriles is 1. The van der Waals surface area contributed by atoms with Crippen LogP contribution in [-0.4, -0.2) is 52.2 Å². The number of anilines is 2. The lowest BCUT2D eigenvalue weighted by molar-refractivity contribution is -0.150. The van der Waals surface area contributed by atoms with E-state index < -0.39 is 29.4 Å². The summed E-state index contributed by atoms with van der Waals surface area (Å²) in [5.74, 6) is -1.10. The fourth-order valence-electron chi connectivity index (χ4n) is 5.88. The van der Waals surface area contributed by atoms with Gasteiger partial charge in [0.25, 0.3) is 0 Å². The number of Topliss-reactive ketones (excluding diaryl/α,β-unsaturated/α-hetero) is 1. The van der Waals surface area contributed by atoms with Gasteiger partial charge in [0.05, 0.1) is 30.8 Å². The molecule has 2 aliphatic rings. The summed E-state index contributed by atoms with van der Waals surface area (Å²) in [6, 6.07) is 21.3. The molecule has 3 aromatic carbocycles. The summed E-state index contributed by atoms with van der Waals surface area (Å²) in [6.45, 7) is 0. The quantitative estimate of drug-likeness (QED) is 0.280. The minimum Gasteiger partial charge on any atom is -0.496 e.